The number of aliphatic hydroxyl groups excluding tert-OH is 1. The van der Waals surface area contributed by atoms with Gasteiger partial charge in [-0.3, -0.25) is 14.3 Å². The van der Waals surface area contributed by atoms with Gasteiger partial charge in [0.2, 0.25) is 0 Å². The SMILES string of the molecule is CC(C)(C)[Si](C)(C)OC[C@@H]1O[C@H](n2ccc(=O)[nH]c2=O)C(O)C1O[Si](C)(C)C(C)(C)C. The number of aromatic nitrogens is 2. The summed E-state index contributed by atoms with van der Waals surface area (Å²) >= 11 is 0. The highest BCUT2D eigenvalue weighted by Crippen LogP contribution is 2.42. The summed E-state index contributed by atoms with van der Waals surface area (Å²) in [4.78, 5) is 26.0. The van der Waals surface area contributed by atoms with E-state index in [0.717, 1.165) is 0 Å². The first-order chi connectivity index (χ1) is 13.9. The molecule has 8 nitrogen and oxygen atoms in total. The van der Waals surface area contributed by atoms with Crippen molar-refractivity contribution in [1.82, 2.24) is 9.55 Å². The average molecular weight is 473 g/mol. The third-order valence-corrected chi connectivity index (χ3v) is 16.1. The Hall–Kier alpha value is -1.05. The number of hydrogen-bond acceptors (Lipinski definition) is 6. The Kier molecular flexibility index (Phi) is 7.37. The minimum absolute atomic E-state index is 0.0231. The van der Waals surface area contributed by atoms with Crippen LogP contribution in [0.5, 0.6) is 0 Å². The van der Waals surface area contributed by atoms with Gasteiger partial charge < -0.3 is 18.7 Å². The third kappa shape index (κ3) is 5.66. The van der Waals surface area contributed by atoms with Gasteiger partial charge in [-0.05, 0) is 36.3 Å². The van der Waals surface area contributed by atoms with E-state index >= 15 is 0 Å². The van der Waals surface area contributed by atoms with Crippen molar-refractivity contribution in [2.75, 3.05) is 6.61 Å². The lowest BCUT2D eigenvalue weighted by Gasteiger charge is -2.41. The summed E-state index contributed by atoms with van der Waals surface area (Å²) in [5.41, 5.74) is -1.13. The van der Waals surface area contributed by atoms with Gasteiger partial charge in [0.05, 0.1) is 6.61 Å². The molecule has 2 N–H and O–H groups in total. The van der Waals surface area contributed by atoms with E-state index in [1.807, 2.05) is 0 Å². The molecule has 1 aromatic heterocycles. The van der Waals surface area contributed by atoms with E-state index in [4.69, 9.17) is 13.6 Å². The molecule has 2 unspecified atom stereocenters. The van der Waals surface area contributed by atoms with Gasteiger partial charge in [-0.15, -0.1) is 0 Å². The minimum Gasteiger partial charge on any atom is -0.414 e. The lowest BCUT2D eigenvalue weighted by molar-refractivity contribution is -0.0528. The van der Waals surface area contributed by atoms with Crippen molar-refractivity contribution >= 4 is 16.6 Å². The highest BCUT2D eigenvalue weighted by Gasteiger charge is 2.51. The van der Waals surface area contributed by atoms with Gasteiger partial charge in [-0.2, -0.15) is 0 Å². The molecule has 0 radical (unpaired) electrons. The highest BCUT2D eigenvalue weighted by atomic mass is 28.4. The number of aromatic amines is 1. The van der Waals surface area contributed by atoms with Crippen LogP contribution in [-0.2, 0) is 13.6 Å². The number of nitrogens with one attached hydrogen (secondary N) is 1. The molecule has 0 aromatic carbocycles. The molecule has 1 aliphatic rings. The number of ether oxygens (including phenoxy) is 1. The van der Waals surface area contributed by atoms with Crippen molar-refractivity contribution in [2.24, 2.45) is 0 Å². The van der Waals surface area contributed by atoms with Crippen LogP contribution in [0.2, 0.25) is 36.3 Å². The topological polar surface area (TPSA) is 103 Å². The van der Waals surface area contributed by atoms with Crippen LogP contribution in [0.1, 0.15) is 47.8 Å². The van der Waals surface area contributed by atoms with Crippen LogP contribution in [0, 0.1) is 0 Å². The summed E-state index contributed by atoms with van der Waals surface area (Å²) in [6.45, 7) is 21.7. The Morgan fingerprint density at radius 2 is 1.61 bits per heavy atom. The molecule has 0 aliphatic carbocycles. The molecule has 2 heterocycles. The number of H-pyrrole nitrogens is 1. The van der Waals surface area contributed by atoms with Gasteiger partial charge in [-0.25, -0.2) is 4.79 Å². The maximum atomic E-state index is 12.3. The molecule has 31 heavy (non-hydrogen) atoms. The van der Waals surface area contributed by atoms with Gasteiger partial charge in [-0.1, -0.05) is 41.5 Å². The summed E-state index contributed by atoms with van der Waals surface area (Å²) in [6.07, 6.45) is -1.88. The Morgan fingerprint density at radius 3 is 2.10 bits per heavy atom. The first-order valence-electron chi connectivity index (χ1n) is 10.8. The van der Waals surface area contributed by atoms with E-state index < -0.39 is 52.4 Å². The molecule has 0 bridgehead atoms. The van der Waals surface area contributed by atoms with Gasteiger partial charge in [0.15, 0.2) is 22.9 Å². The summed E-state index contributed by atoms with van der Waals surface area (Å²) in [5.74, 6) is 0. The zero-order valence-electron chi connectivity index (χ0n) is 20.6. The molecule has 0 amide bonds. The monoisotopic (exact) mass is 472 g/mol. The van der Waals surface area contributed by atoms with Gasteiger partial charge in [0.1, 0.15) is 18.3 Å². The van der Waals surface area contributed by atoms with Crippen molar-refractivity contribution < 1.29 is 18.7 Å². The van der Waals surface area contributed by atoms with Crippen LogP contribution < -0.4 is 11.2 Å². The van der Waals surface area contributed by atoms with Crippen molar-refractivity contribution in [3.63, 3.8) is 0 Å². The van der Waals surface area contributed by atoms with Crippen molar-refractivity contribution in [3.05, 3.63) is 33.1 Å². The first kappa shape index (κ1) is 26.2. The molecule has 2 rings (SSSR count). The van der Waals surface area contributed by atoms with Crippen LogP contribution in [0.25, 0.3) is 0 Å². The maximum absolute atomic E-state index is 12.3. The molecule has 0 spiro atoms. The van der Waals surface area contributed by atoms with E-state index in [0.29, 0.717) is 0 Å². The van der Waals surface area contributed by atoms with Crippen LogP contribution >= 0.6 is 0 Å². The summed E-state index contributed by atoms with van der Waals surface area (Å²) in [6, 6.07) is 1.24. The lowest BCUT2D eigenvalue weighted by Crippen LogP contribution is -2.51. The van der Waals surface area contributed by atoms with E-state index in [2.05, 4.69) is 72.7 Å². The Bertz CT molecular complexity index is 881. The molecular weight excluding hydrogens is 432 g/mol. The van der Waals surface area contributed by atoms with Gasteiger partial charge in [0, 0.05) is 12.3 Å². The molecular formula is C21H40N2O6Si2. The second-order valence-corrected chi connectivity index (χ2v) is 21.1. The predicted octanol–water partition coefficient (Wildman–Crippen LogP) is 3.21. The Balaban J connectivity index is 2.37. The molecule has 1 fully saturated rings. The van der Waals surface area contributed by atoms with Crippen LogP contribution in [0.15, 0.2) is 21.9 Å². The predicted molar refractivity (Wildman–Crippen MR) is 126 cm³/mol. The quantitative estimate of drug-likeness (QED) is 0.616. The Morgan fingerprint density at radius 1 is 1.06 bits per heavy atom. The number of hydrogen-bond donors (Lipinski definition) is 2. The second kappa shape index (κ2) is 8.71. The molecule has 4 atom stereocenters. The molecule has 1 aliphatic heterocycles. The van der Waals surface area contributed by atoms with Crippen LogP contribution in [0.4, 0.5) is 0 Å². The van der Waals surface area contributed by atoms with Gasteiger partial charge in [0.25, 0.3) is 5.56 Å². The maximum Gasteiger partial charge on any atom is 0.330 e. The zero-order chi connectivity index (χ0) is 24.0. The zero-order valence-corrected chi connectivity index (χ0v) is 22.6. The first-order valence-corrected chi connectivity index (χ1v) is 16.7. The van der Waals surface area contributed by atoms with E-state index in [1.54, 1.807) is 0 Å². The molecule has 178 valence electrons. The number of rotatable bonds is 6. The Labute approximate surface area is 187 Å². The largest absolute Gasteiger partial charge is 0.414 e. The van der Waals surface area contributed by atoms with E-state index in [9.17, 15) is 14.7 Å². The number of aliphatic hydroxyl groups is 1. The van der Waals surface area contributed by atoms with Crippen LogP contribution in [-0.4, -0.2) is 56.2 Å². The van der Waals surface area contributed by atoms with Crippen molar-refractivity contribution in [2.45, 2.75) is 102 Å². The summed E-state index contributed by atoms with van der Waals surface area (Å²) in [7, 11) is -4.31. The fourth-order valence-electron chi connectivity index (χ4n) is 2.88. The molecule has 1 aromatic rings. The van der Waals surface area contributed by atoms with E-state index in [1.165, 1.54) is 16.8 Å². The standard InChI is InChI=1S/C21H40N2O6Si2/c1-20(2,3)30(7,8)27-13-14-17(29-31(9,10)21(4,5)6)16(25)18(28-14)23-12-11-15(24)22-19(23)26/h11-12,14,16-18,25H,13H2,1-10H3,(H,22,24,26)/t14-,16?,17?,18-/m0/s1. The fraction of sp³-hybridized carbons (Fsp3) is 0.810. The molecule has 1 saturated heterocycles. The van der Waals surface area contributed by atoms with E-state index in [-0.39, 0.29) is 16.7 Å². The van der Waals surface area contributed by atoms with Crippen LogP contribution in [0.3, 0.4) is 0 Å². The fourth-order valence-corrected chi connectivity index (χ4v) is 5.22. The number of nitrogens with zero attached hydrogens (tertiary/aromatic N) is 1. The normalized spacial score (nSPS) is 25.8. The smallest absolute Gasteiger partial charge is 0.330 e. The lowest BCUT2D eigenvalue weighted by atomic mass is 10.1. The van der Waals surface area contributed by atoms with Crippen molar-refractivity contribution in [1.29, 1.82) is 0 Å². The third-order valence-electron chi connectivity index (χ3n) is 7.09. The highest BCUT2D eigenvalue weighted by molar-refractivity contribution is 6.74. The molecule has 10 heteroatoms. The molecule has 0 saturated carbocycles. The minimum atomic E-state index is -2.25. The second-order valence-electron chi connectivity index (χ2n) is 11.5. The van der Waals surface area contributed by atoms with Crippen molar-refractivity contribution in [3.8, 4) is 0 Å². The summed E-state index contributed by atoms with van der Waals surface area (Å²) < 4.78 is 20.3. The average Bonchev–Trinajstić information content (AvgIpc) is 2.87. The van der Waals surface area contributed by atoms with Gasteiger partial charge >= 0.3 is 5.69 Å². The summed E-state index contributed by atoms with van der Waals surface area (Å²) in [5, 5.41) is 11.1.